The van der Waals surface area contributed by atoms with Gasteiger partial charge in [0.15, 0.2) is 5.96 Å². The van der Waals surface area contributed by atoms with Gasteiger partial charge in [-0.15, -0.1) is 11.3 Å². The molecule has 124 valence electrons. The van der Waals surface area contributed by atoms with Crippen molar-refractivity contribution in [3.63, 3.8) is 0 Å². The first kappa shape index (κ1) is 17.2. The molecule has 22 heavy (non-hydrogen) atoms. The van der Waals surface area contributed by atoms with Crippen molar-refractivity contribution < 1.29 is 0 Å². The minimum absolute atomic E-state index is 0.833. The topological polar surface area (TPSA) is 52.6 Å². The Bertz CT molecular complexity index is 467. The van der Waals surface area contributed by atoms with Crippen LogP contribution in [-0.2, 0) is 12.8 Å². The fourth-order valence-electron chi connectivity index (χ4n) is 2.49. The van der Waals surface area contributed by atoms with E-state index in [0.29, 0.717) is 0 Å². The van der Waals surface area contributed by atoms with Crippen molar-refractivity contribution in [1.29, 1.82) is 0 Å². The second-order valence-electron chi connectivity index (χ2n) is 5.61. The summed E-state index contributed by atoms with van der Waals surface area (Å²) in [6.07, 6.45) is 6.75. The van der Waals surface area contributed by atoms with Crippen molar-refractivity contribution >= 4 is 17.3 Å². The van der Waals surface area contributed by atoms with E-state index in [4.69, 9.17) is 0 Å². The Hall–Kier alpha value is -1.14. The number of likely N-dealkylation sites (N-methyl/N-ethyl adjacent to an activating group) is 1. The van der Waals surface area contributed by atoms with E-state index in [1.807, 2.05) is 24.6 Å². The minimum Gasteiger partial charge on any atom is -0.356 e. The number of thiazole rings is 1. The third-order valence-electron chi connectivity index (χ3n) is 3.97. The van der Waals surface area contributed by atoms with Crippen molar-refractivity contribution in [3.8, 4) is 0 Å². The predicted octanol–water partition coefficient (Wildman–Crippen LogP) is 1.90. The van der Waals surface area contributed by atoms with E-state index in [1.54, 1.807) is 0 Å². The Morgan fingerprint density at radius 3 is 2.73 bits per heavy atom. The highest BCUT2D eigenvalue weighted by Crippen LogP contribution is 2.25. The summed E-state index contributed by atoms with van der Waals surface area (Å²) in [7, 11) is 1.83. The van der Waals surface area contributed by atoms with E-state index in [0.717, 1.165) is 51.0 Å². The van der Waals surface area contributed by atoms with Gasteiger partial charge in [0.25, 0.3) is 0 Å². The lowest BCUT2D eigenvalue weighted by atomic mass is 10.4. The van der Waals surface area contributed by atoms with Crippen molar-refractivity contribution in [1.82, 2.24) is 20.5 Å². The number of nitrogens with zero attached hydrogens (tertiary/aromatic N) is 3. The summed E-state index contributed by atoms with van der Waals surface area (Å²) in [4.78, 5) is 12.6. The largest absolute Gasteiger partial charge is 0.356 e. The van der Waals surface area contributed by atoms with Crippen molar-refractivity contribution in [2.24, 2.45) is 4.99 Å². The molecule has 1 aliphatic rings. The molecule has 1 saturated carbocycles. The highest BCUT2D eigenvalue weighted by Gasteiger charge is 2.27. The van der Waals surface area contributed by atoms with E-state index in [9.17, 15) is 0 Å². The molecule has 0 aromatic carbocycles. The predicted molar refractivity (Wildman–Crippen MR) is 94.8 cm³/mol. The Balaban J connectivity index is 1.62. The van der Waals surface area contributed by atoms with Crippen molar-refractivity contribution in [2.75, 3.05) is 33.2 Å². The standard InChI is InChI=1S/C16H29N5S/c1-4-14-12-20-15(22-14)8-9-18-16(17-3)19-10-11-21(5-2)13-6-7-13/h12-13H,4-11H2,1-3H3,(H2,17,18,19). The monoisotopic (exact) mass is 323 g/mol. The maximum absolute atomic E-state index is 4.44. The Morgan fingerprint density at radius 1 is 1.36 bits per heavy atom. The summed E-state index contributed by atoms with van der Waals surface area (Å²) in [5, 5.41) is 7.97. The zero-order valence-electron chi connectivity index (χ0n) is 14.1. The summed E-state index contributed by atoms with van der Waals surface area (Å²) >= 11 is 1.81. The molecule has 0 bridgehead atoms. The number of guanidine groups is 1. The highest BCUT2D eigenvalue weighted by molar-refractivity contribution is 7.11. The molecule has 0 atom stereocenters. The van der Waals surface area contributed by atoms with E-state index >= 15 is 0 Å². The minimum atomic E-state index is 0.833. The molecule has 1 aromatic heterocycles. The molecule has 0 saturated heterocycles. The van der Waals surface area contributed by atoms with Crippen LogP contribution >= 0.6 is 11.3 Å². The number of aliphatic imine (C=N–C) groups is 1. The summed E-state index contributed by atoms with van der Waals surface area (Å²) in [5.74, 6) is 0.888. The van der Waals surface area contributed by atoms with Gasteiger partial charge < -0.3 is 10.6 Å². The van der Waals surface area contributed by atoms with Crippen LogP contribution in [-0.4, -0.2) is 55.1 Å². The third kappa shape index (κ3) is 5.57. The lowest BCUT2D eigenvalue weighted by Crippen LogP contribution is -2.42. The molecule has 2 N–H and O–H groups in total. The van der Waals surface area contributed by atoms with Crippen molar-refractivity contribution in [2.45, 2.75) is 45.6 Å². The van der Waals surface area contributed by atoms with Crippen LogP contribution in [0.2, 0.25) is 0 Å². The van der Waals surface area contributed by atoms with E-state index < -0.39 is 0 Å². The number of rotatable bonds is 9. The Labute approximate surface area is 138 Å². The van der Waals surface area contributed by atoms with Gasteiger partial charge in [0.2, 0.25) is 0 Å². The van der Waals surface area contributed by atoms with Gasteiger partial charge in [0.1, 0.15) is 0 Å². The zero-order valence-corrected chi connectivity index (χ0v) is 14.9. The molecule has 1 heterocycles. The fourth-order valence-corrected chi connectivity index (χ4v) is 3.35. The Kier molecular flexibility index (Phi) is 7.12. The highest BCUT2D eigenvalue weighted by atomic mass is 32.1. The number of aromatic nitrogens is 1. The van der Waals surface area contributed by atoms with Gasteiger partial charge >= 0.3 is 0 Å². The summed E-state index contributed by atoms with van der Waals surface area (Å²) < 4.78 is 0. The molecule has 5 nitrogen and oxygen atoms in total. The number of hydrogen-bond donors (Lipinski definition) is 2. The second-order valence-corrected chi connectivity index (χ2v) is 6.81. The lowest BCUT2D eigenvalue weighted by molar-refractivity contribution is 0.282. The quantitative estimate of drug-likeness (QED) is 0.538. The van der Waals surface area contributed by atoms with Crippen LogP contribution in [0.25, 0.3) is 0 Å². The van der Waals surface area contributed by atoms with Crippen LogP contribution in [0.15, 0.2) is 11.2 Å². The summed E-state index contributed by atoms with van der Waals surface area (Å²) in [5.41, 5.74) is 0. The first-order chi connectivity index (χ1) is 10.8. The molecule has 0 radical (unpaired) electrons. The molecule has 0 unspecified atom stereocenters. The molecule has 1 fully saturated rings. The van der Waals surface area contributed by atoms with Crippen LogP contribution in [0.4, 0.5) is 0 Å². The first-order valence-electron chi connectivity index (χ1n) is 8.39. The van der Waals surface area contributed by atoms with E-state index in [2.05, 4.69) is 39.4 Å². The molecular weight excluding hydrogens is 294 g/mol. The lowest BCUT2D eigenvalue weighted by Gasteiger charge is -2.20. The van der Waals surface area contributed by atoms with Gasteiger partial charge in [0, 0.05) is 50.2 Å². The molecule has 0 spiro atoms. The van der Waals surface area contributed by atoms with Gasteiger partial charge in [-0.05, 0) is 25.8 Å². The van der Waals surface area contributed by atoms with Crippen LogP contribution in [0.1, 0.15) is 36.6 Å². The van der Waals surface area contributed by atoms with E-state index in [1.165, 1.54) is 22.7 Å². The molecule has 1 aromatic rings. The van der Waals surface area contributed by atoms with Gasteiger partial charge in [-0.2, -0.15) is 0 Å². The first-order valence-corrected chi connectivity index (χ1v) is 9.20. The second kappa shape index (κ2) is 9.10. The molecule has 1 aliphatic carbocycles. The third-order valence-corrected chi connectivity index (χ3v) is 5.17. The molecular formula is C16H29N5S. The van der Waals surface area contributed by atoms with Crippen LogP contribution in [0.3, 0.4) is 0 Å². The van der Waals surface area contributed by atoms with Crippen LogP contribution < -0.4 is 10.6 Å². The number of aryl methyl sites for hydroxylation is 1. The molecule has 2 rings (SSSR count). The smallest absolute Gasteiger partial charge is 0.191 e. The average Bonchev–Trinajstić information content (AvgIpc) is 3.28. The number of nitrogens with one attached hydrogen (secondary N) is 2. The Morgan fingerprint density at radius 2 is 2.14 bits per heavy atom. The zero-order chi connectivity index (χ0) is 15.8. The summed E-state index contributed by atoms with van der Waals surface area (Å²) in [6, 6.07) is 0.833. The SMILES string of the molecule is CCc1cnc(CCNC(=NC)NCCN(CC)C2CC2)s1. The average molecular weight is 324 g/mol. The van der Waals surface area contributed by atoms with Crippen LogP contribution in [0, 0.1) is 0 Å². The fraction of sp³-hybridized carbons (Fsp3) is 0.750. The molecule has 0 amide bonds. The van der Waals surface area contributed by atoms with Gasteiger partial charge in [-0.3, -0.25) is 9.89 Å². The molecule has 0 aliphatic heterocycles. The number of hydrogen-bond acceptors (Lipinski definition) is 4. The molecule has 6 heteroatoms. The van der Waals surface area contributed by atoms with Crippen LogP contribution in [0.5, 0.6) is 0 Å². The van der Waals surface area contributed by atoms with E-state index in [-0.39, 0.29) is 0 Å². The van der Waals surface area contributed by atoms with Gasteiger partial charge in [-0.25, -0.2) is 4.98 Å². The normalized spacial score (nSPS) is 15.4. The van der Waals surface area contributed by atoms with Gasteiger partial charge in [0.05, 0.1) is 5.01 Å². The van der Waals surface area contributed by atoms with Crippen molar-refractivity contribution in [3.05, 3.63) is 16.1 Å². The van der Waals surface area contributed by atoms with Gasteiger partial charge in [-0.1, -0.05) is 13.8 Å². The maximum Gasteiger partial charge on any atom is 0.191 e. The maximum atomic E-state index is 4.44. The summed E-state index contributed by atoms with van der Waals surface area (Å²) in [6.45, 7) is 8.46.